The molecule has 0 aliphatic carbocycles. The Hall–Kier alpha value is -5.04. The summed E-state index contributed by atoms with van der Waals surface area (Å²) in [6.07, 6.45) is 3.16. The molecule has 2 aromatic heterocycles. The summed E-state index contributed by atoms with van der Waals surface area (Å²) in [5.74, 6) is 0.423. The van der Waals surface area contributed by atoms with Gasteiger partial charge in [-0.1, -0.05) is 84.9 Å². The fourth-order valence-corrected chi connectivity index (χ4v) is 4.50. The van der Waals surface area contributed by atoms with Crippen molar-refractivity contribution in [2.45, 2.75) is 13.1 Å². The number of rotatable bonds is 7. The SMILES string of the molecule is O=C(c1cccnc1)n1nc(NCc2cccc3ccccc23)nc1NCc1cccc2ccccc12. The third kappa shape index (κ3) is 4.62. The number of nitrogens with zero attached hydrogens (tertiary/aromatic N) is 4. The van der Waals surface area contributed by atoms with Gasteiger partial charge in [0.1, 0.15) is 0 Å². The van der Waals surface area contributed by atoms with E-state index in [-0.39, 0.29) is 5.91 Å². The van der Waals surface area contributed by atoms with Crippen LogP contribution in [0.5, 0.6) is 0 Å². The van der Waals surface area contributed by atoms with Crippen LogP contribution < -0.4 is 10.6 Å². The Bertz CT molecular complexity index is 1700. The van der Waals surface area contributed by atoms with Gasteiger partial charge in [0.2, 0.25) is 11.9 Å². The second-order valence-electron chi connectivity index (χ2n) is 8.70. The molecule has 0 fully saturated rings. The molecule has 7 nitrogen and oxygen atoms in total. The second kappa shape index (κ2) is 9.91. The van der Waals surface area contributed by atoms with Gasteiger partial charge in [-0.15, -0.1) is 5.10 Å². The van der Waals surface area contributed by atoms with Crippen molar-refractivity contribution in [1.82, 2.24) is 19.7 Å². The van der Waals surface area contributed by atoms with Crippen molar-refractivity contribution >= 4 is 39.3 Å². The Kier molecular flexibility index (Phi) is 6.01. The molecule has 2 N–H and O–H groups in total. The Labute approximate surface area is 213 Å². The number of hydrogen-bond donors (Lipinski definition) is 2. The number of benzene rings is 4. The Morgan fingerprint density at radius 2 is 1.32 bits per heavy atom. The van der Waals surface area contributed by atoms with Crippen LogP contribution in [-0.2, 0) is 13.1 Å². The normalized spacial score (nSPS) is 11.0. The smallest absolute Gasteiger partial charge is 0.283 e. The second-order valence-corrected chi connectivity index (χ2v) is 8.70. The largest absolute Gasteiger partial charge is 0.350 e. The lowest BCUT2D eigenvalue weighted by Crippen LogP contribution is -2.18. The minimum atomic E-state index is -0.306. The molecule has 0 saturated heterocycles. The highest BCUT2D eigenvalue weighted by atomic mass is 16.2. The standard InChI is InChI=1S/C30H24N6O/c37-28(25-14-7-17-31-18-25)36-30(33-20-24-13-6-11-22-9-2-4-16-27(22)24)34-29(35-36)32-19-23-12-5-10-21-8-1-3-15-26(21)23/h1-18H,19-20H2,(H2,32,33,34,35). The third-order valence-electron chi connectivity index (χ3n) is 6.34. The minimum Gasteiger partial charge on any atom is -0.350 e. The predicted molar refractivity (Wildman–Crippen MR) is 147 cm³/mol. The molecule has 0 unspecified atom stereocenters. The van der Waals surface area contributed by atoms with E-state index >= 15 is 0 Å². The van der Waals surface area contributed by atoms with E-state index in [4.69, 9.17) is 0 Å². The third-order valence-corrected chi connectivity index (χ3v) is 6.34. The van der Waals surface area contributed by atoms with Gasteiger partial charge >= 0.3 is 0 Å². The van der Waals surface area contributed by atoms with Crippen molar-refractivity contribution in [3.8, 4) is 0 Å². The molecule has 6 rings (SSSR count). The van der Waals surface area contributed by atoms with Gasteiger partial charge in [-0.3, -0.25) is 9.78 Å². The first kappa shape index (κ1) is 22.4. The summed E-state index contributed by atoms with van der Waals surface area (Å²) < 4.78 is 1.30. The van der Waals surface area contributed by atoms with Crippen LogP contribution in [-0.4, -0.2) is 25.7 Å². The summed E-state index contributed by atoms with van der Waals surface area (Å²) in [5, 5.41) is 15.8. The van der Waals surface area contributed by atoms with Gasteiger partial charge in [-0.05, 0) is 44.8 Å². The number of aromatic nitrogens is 4. The number of anilines is 2. The van der Waals surface area contributed by atoms with Gasteiger partial charge < -0.3 is 10.6 Å². The van der Waals surface area contributed by atoms with Gasteiger partial charge in [0.05, 0.1) is 5.56 Å². The summed E-state index contributed by atoms with van der Waals surface area (Å²) in [5.41, 5.74) is 2.66. The van der Waals surface area contributed by atoms with E-state index in [0.717, 1.165) is 27.3 Å². The number of pyridine rings is 1. The average molecular weight is 485 g/mol. The quantitative estimate of drug-likeness (QED) is 0.294. The minimum absolute atomic E-state index is 0.306. The van der Waals surface area contributed by atoms with Crippen LogP contribution in [0.3, 0.4) is 0 Å². The molecule has 4 aromatic carbocycles. The topological polar surface area (TPSA) is 84.7 Å². The Balaban J connectivity index is 1.30. The zero-order valence-electron chi connectivity index (χ0n) is 20.0. The molecule has 6 aromatic rings. The summed E-state index contributed by atoms with van der Waals surface area (Å²) in [6, 6.07) is 32.3. The predicted octanol–water partition coefficient (Wildman–Crippen LogP) is 5.89. The maximum absolute atomic E-state index is 13.3. The van der Waals surface area contributed by atoms with Crippen LogP contribution in [0.1, 0.15) is 21.5 Å². The molecule has 0 amide bonds. The van der Waals surface area contributed by atoms with Crippen molar-refractivity contribution in [2.24, 2.45) is 0 Å². The number of fused-ring (bicyclic) bond motifs is 2. The first-order chi connectivity index (χ1) is 18.3. The summed E-state index contributed by atoms with van der Waals surface area (Å²) in [6.45, 7) is 1.01. The molecule has 0 bridgehead atoms. The number of carbonyl (C=O) groups is 1. The lowest BCUT2D eigenvalue weighted by Gasteiger charge is -2.09. The zero-order valence-corrected chi connectivity index (χ0v) is 20.0. The van der Waals surface area contributed by atoms with Crippen LogP contribution in [0, 0.1) is 0 Å². The highest BCUT2D eigenvalue weighted by molar-refractivity contribution is 5.96. The zero-order chi connectivity index (χ0) is 25.0. The lowest BCUT2D eigenvalue weighted by atomic mass is 10.0. The van der Waals surface area contributed by atoms with Gasteiger partial charge in [0, 0.05) is 25.5 Å². The molecule has 0 atom stereocenters. The van der Waals surface area contributed by atoms with E-state index in [2.05, 4.69) is 74.2 Å². The fourth-order valence-electron chi connectivity index (χ4n) is 4.50. The van der Waals surface area contributed by atoms with Crippen LogP contribution in [0.2, 0.25) is 0 Å². The summed E-state index contributed by atoms with van der Waals surface area (Å²) >= 11 is 0. The number of nitrogens with one attached hydrogen (secondary N) is 2. The summed E-state index contributed by atoms with van der Waals surface area (Å²) in [4.78, 5) is 22.0. The first-order valence-electron chi connectivity index (χ1n) is 12.1. The molecule has 37 heavy (non-hydrogen) atoms. The monoisotopic (exact) mass is 484 g/mol. The van der Waals surface area contributed by atoms with E-state index < -0.39 is 0 Å². The van der Waals surface area contributed by atoms with Crippen LogP contribution in [0.25, 0.3) is 21.5 Å². The van der Waals surface area contributed by atoms with E-state index in [1.807, 2.05) is 36.4 Å². The van der Waals surface area contributed by atoms with Crippen molar-refractivity contribution in [1.29, 1.82) is 0 Å². The number of carbonyl (C=O) groups excluding carboxylic acids is 1. The van der Waals surface area contributed by atoms with E-state index in [1.165, 1.54) is 16.3 Å². The van der Waals surface area contributed by atoms with Gasteiger partial charge in [0.25, 0.3) is 5.91 Å². The highest BCUT2D eigenvalue weighted by Crippen LogP contribution is 2.22. The van der Waals surface area contributed by atoms with Gasteiger partial charge in [0.15, 0.2) is 0 Å². The lowest BCUT2D eigenvalue weighted by molar-refractivity contribution is 0.0947. The van der Waals surface area contributed by atoms with Crippen LogP contribution in [0.4, 0.5) is 11.9 Å². The molecule has 2 heterocycles. The summed E-state index contributed by atoms with van der Waals surface area (Å²) in [7, 11) is 0. The molecular weight excluding hydrogens is 460 g/mol. The van der Waals surface area contributed by atoms with Crippen LogP contribution >= 0.6 is 0 Å². The highest BCUT2D eigenvalue weighted by Gasteiger charge is 2.18. The van der Waals surface area contributed by atoms with Crippen molar-refractivity contribution in [3.63, 3.8) is 0 Å². The first-order valence-corrected chi connectivity index (χ1v) is 12.1. The average Bonchev–Trinajstić information content (AvgIpc) is 3.38. The van der Waals surface area contributed by atoms with Crippen molar-refractivity contribution < 1.29 is 4.79 Å². The molecular formula is C30H24N6O. The van der Waals surface area contributed by atoms with E-state index in [1.54, 1.807) is 18.3 Å². The molecule has 0 spiro atoms. The molecule has 0 radical (unpaired) electrons. The molecule has 7 heteroatoms. The molecule has 0 aliphatic heterocycles. The van der Waals surface area contributed by atoms with Gasteiger partial charge in [-0.25, -0.2) is 0 Å². The van der Waals surface area contributed by atoms with E-state index in [9.17, 15) is 4.79 Å². The van der Waals surface area contributed by atoms with Crippen molar-refractivity contribution in [2.75, 3.05) is 10.6 Å². The maximum Gasteiger partial charge on any atom is 0.283 e. The molecule has 0 aliphatic rings. The molecule has 0 saturated carbocycles. The fraction of sp³-hybridized carbons (Fsp3) is 0.0667. The van der Waals surface area contributed by atoms with Crippen molar-refractivity contribution in [3.05, 3.63) is 126 Å². The Morgan fingerprint density at radius 3 is 1.97 bits per heavy atom. The number of hydrogen-bond acceptors (Lipinski definition) is 6. The van der Waals surface area contributed by atoms with Gasteiger partial charge in [-0.2, -0.15) is 9.67 Å². The molecule has 180 valence electrons. The van der Waals surface area contributed by atoms with E-state index in [0.29, 0.717) is 30.5 Å². The Morgan fingerprint density at radius 1 is 0.703 bits per heavy atom. The van der Waals surface area contributed by atoms with Crippen LogP contribution in [0.15, 0.2) is 109 Å². The maximum atomic E-state index is 13.3.